The van der Waals surface area contributed by atoms with Gasteiger partial charge in [-0.3, -0.25) is 4.79 Å². The van der Waals surface area contributed by atoms with Crippen LogP contribution in [0.1, 0.15) is 63.0 Å². The summed E-state index contributed by atoms with van der Waals surface area (Å²) in [7, 11) is 0. The number of benzene rings is 1. The summed E-state index contributed by atoms with van der Waals surface area (Å²) in [6.07, 6.45) is 19.2. The molecule has 32 heavy (non-hydrogen) atoms. The van der Waals surface area contributed by atoms with Gasteiger partial charge >= 0.3 is 5.91 Å². The van der Waals surface area contributed by atoms with Gasteiger partial charge in [0.2, 0.25) is 12.3 Å². The Balaban J connectivity index is 1.53. The molecule has 1 aromatic rings. The Morgan fingerprint density at radius 1 is 1.09 bits per heavy atom. The predicted octanol–water partition coefficient (Wildman–Crippen LogP) is 5.04. The molecule has 1 atom stereocenters. The quantitative estimate of drug-likeness (QED) is 0.506. The van der Waals surface area contributed by atoms with Crippen LogP contribution in [0.5, 0.6) is 0 Å². The Bertz CT molecular complexity index is 964. The zero-order valence-electron chi connectivity index (χ0n) is 18.9. The zero-order chi connectivity index (χ0) is 22.3. The van der Waals surface area contributed by atoms with Crippen molar-refractivity contribution < 1.29 is 14.2 Å². The van der Waals surface area contributed by atoms with Crippen LogP contribution in [0.4, 0.5) is 0 Å². The van der Waals surface area contributed by atoms with E-state index in [0.29, 0.717) is 4.91 Å². The number of rotatable bonds is 5. The standard InChI is InChI=1S/C27H32N2O2S/c1-2-20-14-16-21(17-15-20)18-25-27(31)29(23-12-8-9-13-24(23)32-25)19-26(30)28-22-10-6-4-3-5-7-11-22/h8-9,12-18,22,24H,2-7,10-11,19H2,1H3/p+1/b25-18+. The van der Waals surface area contributed by atoms with Gasteiger partial charge in [-0.15, -0.1) is 4.58 Å². The van der Waals surface area contributed by atoms with E-state index >= 15 is 0 Å². The molecule has 1 aromatic carbocycles. The maximum Gasteiger partial charge on any atom is 0.426 e. The van der Waals surface area contributed by atoms with Crippen molar-refractivity contribution in [1.82, 2.24) is 5.32 Å². The van der Waals surface area contributed by atoms with Gasteiger partial charge < -0.3 is 5.32 Å². The molecule has 0 saturated heterocycles. The number of hydrogen-bond donors (Lipinski definition) is 1. The van der Waals surface area contributed by atoms with Gasteiger partial charge in [0.25, 0.3) is 5.91 Å². The van der Waals surface area contributed by atoms with Gasteiger partial charge in [-0.05, 0) is 36.5 Å². The maximum atomic E-state index is 13.4. The third-order valence-electron chi connectivity index (χ3n) is 6.43. The predicted molar refractivity (Wildman–Crippen MR) is 133 cm³/mol. The molecular formula is C27H33N2O2S+. The summed E-state index contributed by atoms with van der Waals surface area (Å²) >= 11 is 1.56. The van der Waals surface area contributed by atoms with E-state index in [-0.39, 0.29) is 29.7 Å². The van der Waals surface area contributed by atoms with E-state index < -0.39 is 0 Å². The maximum absolute atomic E-state index is 13.4. The molecule has 1 aliphatic heterocycles. The molecular weight excluding hydrogens is 416 g/mol. The average molecular weight is 450 g/mol. The second-order valence-electron chi connectivity index (χ2n) is 8.81. The van der Waals surface area contributed by atoms with Gasteiger partial charge in [-0.25, -0.2) is 4.79 Å². The van der Waals surface area contributed by atoms with E-state index in [0.717, 1.165) is 30.5 Å². The fourth-order valence-electron chi connectivity index (χ4n) is 4.57. The summed E-state index contributed by atoms with van der Waals surface area (Å²) in [5.74, 6) is -0.148. The second-order valence-corrected chi connectivity index (χ2v) is 10.00. The van der Waals surface area contributed by atoms with Crippen LogP contribution >= 0.6 is 11.8 Å². The van der Waals surface area contributed by atoms with Crippen LogP contribution < -0.4 is 5.32 Å². The lowest BCUT2D eigenvalue weighted by Crippen LogP contribution is -2.45. The first-order chi connectivity index (χ1) is 15.6. The number of fused-ring (bicyclic) bond motifs is 1. The van der Waals surface area contributed by atoms with Crippen LogP contribution in [-0.2, 0) is 16.0 Å². The number of carbonyl (C=O) groups is 2. The van der Waals surface area contributed by atoms with Crippen molar-refractivity contribution in [3.63, 3.8) is 0 Å². The second kappa shape index (κ2) is 11.0. The van der Waals surface area contributed by atoms with Gasteiger partial charge in [-0.1, -0.05) is 93.3 Å². The molecule has 1 saturated carbocycles. The number of thioether (sulfide) groups is 1. The van der Waals surface area contributed by atoms with Gasteiger partial charge in [0.05, 0.1) is 0 Å². The molecule has 4 nitrogen and oxygen atoms in total. The number of aryl methyl sites for hydroxylation is 1. The summed E-state index contributed by atoms with van der Waals surface area (Å²) < 4.78 is 1.67. The van der Waals surface area contributed by atoms with E-state index in [1.54, 1.807) is 16.3 Å². The Kier molecular flexibility index (Phi) is 7.80. The normalized spacial score (nSPS) is 23.1. The van der Waals surface area contributed by atoms with Crippen LogP contribution in [0.3, 0.4) is 0 Å². The van der Waals surface area contributed by atoms with E-state index in [9.17, 15) is 9.59 Å². The van der Waals surface area contributed by atoms with Gasteiger partial charge in [0.1, 0.15) is 10.2 Å². The van der Waals surface area contributed by atoms with Crippen molar-refractivity contribution in [3.8, 4) is 0 Å². The van der Waals surface area contributed by atoms with Crippen LogP contribution in [-0.4, -0.2) is 39.9 Å². The van der Waals surface area contributed by atoms with Gasteiger partial charge in [0, 0.05) is 12.1 Å². The number of hydrogen-bond acceptors (Lipinski definition) is 3. The monoisotopic (exact) mass is 449 g/mol. The molecule has 0 radical (unpaired) electrons. The lowest BCUT2D eigenvalue weighted by molar-refractivity contribution is -0.434. The minimum atomic E-state index is -0.0893. The van der Waals surface area contributed by atoms with E-state index in [4.69, 9.17) is 0 Å². The van der Waals surface area contributed by atoms with Gasteiger partial charge in [0.15, 0.2) is 0 Å². The molecule has 0 bridgehead atoms. The molecule has 1 unspecified atom stereocenters. The lowest BCUT2D eigenvalue weighted by atomic mass is 9.97. The molecule has 1 fully saturated rings. The molecule has 3 aliphatic rings. The number of amides is 2. The van der Waals surface area contributed by atoms with Crippen LogP contribution in [0.25, 0.3) is 6.08 Å². The lowest BCUT2D eigenvalue weighted by Gasteiger charge is -2.23. The highest BCUT2D eigenvalue weighted by Crippen LogP contribution is 2.33. The smallest absolute Gasteiger partial charge is 0.348 e. The first-order valence-electron chi connectivity index (χ1n) is 11.9. The van der Waals surface area contributed by atoms with E-state index in [1.165, 1.54) is 37.7 Å². The molecule has 2 amide bonds. The van der Waals surface area contributed by atoms with Crippen molar-refractivity contribution >= 4 is 35.4 Å². The third kappa shape index (κ3) is 5.69. The Labute approximate surface area is 195 Å². The summed E-state index contributed by atoms with van der Waals surface area (Å²) in [6.45, 7) is 2.21. The first kappa shape index (κ1) is 22.8. The highest BCUT2D eigenvalue weighted by atomic mass is 32.2. The minimum absolute atomic E-state index is 0.0491. The van der Waals surface area contributed by atoms with Crippen molar-refractivity contribution in [3.05, 3.63) is 64.6 Å². The molecule has 5 heteroatoms. The first-order valence-corrected chi connectivity index (χ1v) is 12.8. The van der Waals surface area contributed by atoms with Crippen molar-refractivity contribution in [2.75, 3.05) is 6.54 Å². The minimum Gasteiger partial charge on any atom is -0.348 e. The van der Waals surface area contributed by atoms with E-state index in [1.807, 2.05) is 24.3 Å². The molecule has 1 heterocycles. The molecule has 1 N–H and O–H groups in total. The van der Waals surface area contributed by atoms with E-state index in [2.05, 4.69) is 42.6 Å². The number of carbonyl (C=O) groups excluding carboxylic acids is 2. The largest absolute Gasteiger partial charge is 0.426 e. The van der Waals surface area contributed by atoms with Crippen molar-refractivity contribution in [2.24, 2.45) is 0 Å². The van der Waals surface area contributed by atoms with Gasteiger partial charge in [-0.2, -0.15) is 0 Å². The van der Waals surface area contributed by atoms with Crippen LogP contribution in [0.2, 0.25) is 0 Å². The molecule has 4 rings (SSSR count). The van der Waals surface area contributed by atoms with Crippen LogP contribution in [0, 0.1) is 0 Å². The summed E-state index contributed by atoms with van der Waals surface area (Å²) in [5.41, 5.74) is 3.18. The number of nitrogens with zero attached hydrogens (tertiary/aromatic N) is 1. The summed E-state index contributed by atoms with van der Waals surface area (Å²) in [5, 5.41) is 3.26. The molecule has 168 valence electrons. The molecule has 0 aromatic heterocycles. The number of allylic oxidation sites excluding steroid dienone is 3. The highest BCUT2D eigenvalue weighted by Gasteiger charge is 2.39. The zero-order valence-corrected chi connectivity index (χ0v) is 19.7. The number of nitrogens with one attached hydrogen (secondary N) is 1. The van der Waals surface area contributed by atoms with Crippen LogP contribution in [0.15, 0.2) is 53.5 Å². The Hall–Kier alpha value is -2.40. The Morgan fingerprint density at radius 2 is 1.81 bits per heavy atom. The topological polar surface area (TPSA) is 49.2 Å². The molecule has 2 aliphatic carbocycles. The Morgan fingerprint density at radius 3 is 2.53 bits per heavy atom. The average Bonchev–Trinajstić information content (AvgIpc) is 2.79. The highest BCUT2D eigenvalue weighted by molar-refractivity contribution is 8.05. The van der Waals surface area contributed by atoms with Crippen molar-refractivity contribution in [1.29, 1.82) is 0 Å². The van der Waals surface area contributed by atoms with Crippen molar-refractivity contribution in [2.45, 2.75) is 69.6 Å². The summed E-state index contributed by atoms with van der Waals surface area (Å²) in [4.78, 5) is 27.0. The summed E-state index contributed by atoms with van der Waals surface area (Å²) in [6, 6.07) is 8.55. The molecule has 0 spiro atoms. The third-order valence-corrected chi connectivity index (χ3v) is 7.63. The fourth-order valence-corrected chi connectivity index (χ4v) is 5.76. The fraction of sp³-hybridized carbons (Fsp3) is 0.444. The SMILES string of the molecule is CCc1ccc(/C=C2/SC3C=CC=CC3=[N+](CC(=O)NC3CCCCCCC3)C2=O)cc1.